The molecule has 0 aliphatic carbocycles. The molecular weight excluding hydrogens is 288 g/mol. The van der Waals surface area contributed by atoms with Gasteiger partial charge in [0.1, 0.15) is 4.60 Å². The zero-order valence-electron chi connectivity index (χ0n) is 8.53. The summed E-state index contributed by atoms with van der Waals surface area (Å²) in [5.41, 5.74) is 2.40. The van der Waals surface area contributed by atoms with E-state index in [1.807, 2.05) is 17.7 Å². The van der Waals surface area contributed by atoms with Crippen LogP contribution in [-0.2, 0) is 0 Å². The first kappa shape index (κ1) is 11.3. The van der Waals surface area contributed by atoms with Crippen LogP contribution < -0.4 is 5.32 Å². The quantitative estimate of drug-likeness (QED) is 0.862. The molecule has 2 aromatic heterocycles. The third kappa shape index (κ3) is 2.48. The number of aromatic nitrogens is 1. The van der Waals surface area contributed by atoms with E-state index >= 15 is 0 Å². The molecule has 5 heteroatoms. The van der Waals surface area contributed by atoms with Crippen molar-refractivity contribution in [3.63, 3.8) is 0 Å². The minimum Gasteiger partial charge on any atom is -0.321 e. The molecule has 1 amide bonds. The van der Waals surface area contributed by atoms with Crippen LogP contribution in [0.25, 0.3) is 0 Å². The highest BCUT2D eigenvalue weighted by Crippen LogP contribution is 2.16. The van der Waals surface area contributed by atoms with Gasteiger partial charge in [-0.1, -0.05) is 0 Å². The highest BCUT2D eigenvalue weighted by molar-refractivity contribution is 9.10. The Labute approximate surface area is 106 Å². The van der Waals surface area contributed by atoms with E-state index in [-0.39, 0.29) is 5.91 Å². The van der Waals surface area contributed by atoms with Crippen LogP contribution >= 0.6 is 27.3 Å². The van der Waals surface area contributed by atoms with Crippen molar-refractivity contribution in [2.45, 2.75) is 6.92 Å². The summed E-state index contributed by atoms with van der Waals surface area (Å²) in [7, 11) is 0. The highest BCUT2D eigenvalue weighted by atomic mass is 79.9. The van der Waals surface area contributed by atoms with Crippen molar-refractivity contribution in [1.82, 2.24) is 4.98 Å². The number of amides is 1. The van der Waals surface area contributed by atoms with Gasteiger partial charge >= 0.3 is 0 Å². The molecular formula is C11H9BrN2OS. The molecule has 16 heavy (non-hydrogen) atoms. The molecule has 0 aliphatic rings. The van der Waals surface area contributed by atoms with E-state index in [2.05, 4.69) is 26.2 Å². The van der Waals surface area contributed by atoms with Gasteiger partial charge in [0.05, 0.1) is 17.4 Å². The van der Waals surface area contributed by atoms with Crippen LogP contribution in [0.3, 0.4) is 0 Å². The van der Waals surface area contributed by atoms with E-state index < -0.39 is 0 Å². The fourth-order valence-electron chi connectivity index (χ4n) is 1.24. The Morgan fingerprint density at radius 2 is 2.25 bits per heavy atom. The van der Waals surface area contributed by atoms with E-state index in [9.17, 15) is 4.79 Å². The number of rotatable bonds is 2. The molecule has 0 unspecified atom stereocenters. The number of pyridine rings is 1. The Morgan fingerprint density at radius 1 is 1.44 bits per heavy atom. The summed E-state index contributed by atoms with van der Waals surface area (Å²) in [4.78, 5) is 15.9. The Morgan fingerprint density at radius 3 is 2.81 bits per heavy atom. The molecule has 0 aliphatic heterocycles. The van der Waals surface area contributed by atoms with Crippen LogP contribution in [0.4, 0.5) is 5.69 Å². The fraction of sp³-hybridized carbons (Fsp3) is 0.0909. The summed E-state index contributed by atoms with van der Waals surface area (Å²) in [6, 6.07) is 3.59. The summed E-state index contributed by atoms with van der Waals surface area (Å²) in [6.07, 6.45) is 1.61. The second-order valence-electron chi connectivity index (χ2n) is 3.29. The maximum absolute atomic E-state index is 11.8. The first-order valence-corrected chi connectivity index (χ1v) is 6.36. The maximum Gasteiger partial charge on any atom is 0.256 e. The number of hydrogen-bond donors (Lipinski definition) is 1. The van der Waals surface area contributed by atoms with Crippen LogP contribution in [0.2, 0.25) is 0 Å². The lowest BCUT2D eigenvalue weighted by Crippen LogP contribution is -2.12. The molecule has 2 rings (SSSR count). The van der Waals surface area contributed by atoms with E-state index in [4.69, 9.17) is 0 Å². The lowest BCUT2D eigenvalue weighted by Gasteiger charge is -2.04. The number of thiophene rings is 1. The van der Waals surface area contributed by atoms with E-state index in [0.29, 0.717) is 11.3 Å². The van der Waals surface area contributed by atoms with Gasteiger partial charge in [-0.05, 0) is 45.9 Å². The number of carbonyl (C=O) groups excluding carboxylic acids is 1. The Balaban J connectivity index is 2.14. The van der Waals surface area contributed by atoms with Crippen LogP contribution in [0.5, 0.6) is 0 Å². The minimum absolute atomic E-state index is 0.0946. The molecule has 0 saturated heterocycles. The molecule has 0 fully saturated rings. The lowest BCUT2D eigenvalue weighted by molar-refractivity contribution is 0.102. The normalized spacial score (nSPS) is 10.1. The summed E-state index contributed by atoms with van der Waals surface area (Å²) in [5.74, 6) is -0.0946. The largest absolute Gasteiger partial charge is 0.321 e. The van der Waals surface area contributed by atoms with Crippen molar-refractivity contribution in [1.29, 1.82) is 0 Å². The number of halogens is 1. The van der Waals surface area contributed by atoms with Gasteiger partial charge in [-0.3, -0.25) is 4.79 Å². The van der Waals surface area contributed by atoms with Crippen LogP contribution in [-0.4, -0.2) is 10.9 Å². The molecule has 2 aromatic rings. The average Bonchev–Trinajstić information content (AvgIpc) is 2.68. The Hall–Kier alpha value is -1.20. The molecule has 0 saturated carbocycles. The molecule has 0 bridgehead atoms. The van der Waals surface area contributed by atoms with Crippen molar-refractivity contribution in [2.24, 2.45) is 0 Å². The van der Waals surface area contributed by atoms with Gasteiger partial charge in [-0.15, -0.1) is 0 Å². The second kappa shape index (κ2) is 4.76. The van der Waals surface area contributed by atoms with E-state index in [1.165, 1.54) is 11.3 Å². The number of nitrogens with one attached hydrogen (secondary N) is 1. The molecule has 1 N–H and O–H groups in total. The predicted octanol–water partition coefficient (Wildman–Crippen LogP) is 3.47. The zero-order chi connectivity index (χ0) is 11.5. The van der Waals surface area contributed by atoms with Gasteiger partial charge < -0.3 is 5.32 Å². The SMILES string of the molecule is Cc1cscc1C(=O)Nc1ccc(Br)nc1. The van der Waals surface area contributed by atoms with Gasteiger partial charge in [0.25, 0.3) is 5.91 Å². The molecule has 0 spiro atoms. The molecule has 82 valence electrons. The molecule has 2 heterocycles. The van der Waals surface area contributed by atoms with Crippen molar-refractivity contribution in [2.75, 3.05) is 5.32 Å². The highest BCUT2D eigenvalue weighted by Gasteiger charge is 2.09. The number of aryl methyl sites for hydroxylation is 1. The van der Waals surface area contributed by atoms with Crippen molar-refractivity contribution in [3.05, 3.63) is 44.8 Å². The number of hydrogen-bond acceptors (Lipinski definition) is 3. The summed E-state index contributed by atoms with van der Waals surface area (Å²) in [5, 5.41) is 6.59. The summed E-state index contributed by atoms with van der Waals surface area (Å²) < 4.78 is 0.747. The lowest BCUT2D eigenvalue weighted by atomic mass is 10.2. The van der Waals surface area contributed by atoms with Crippen LogP contribution in [0.1, 0.15) is 15.9 Å². The van der Waals surface area contributed by atoms with Crippen molar-refractivity contribution in [3.8, 4) is 0 Å². The molecule has 0 aromatic carbocycles. The fourth-order valence-corrected chi connectivity index (χ4v) is 2.30. The monoisotopic (exact) mass is 296 g/mol. The molecule has 0 atom stereocenters. The number of anilines is 1. The summed E-state index contributed by atoms with van der Waals surface area (Å²) in [6.45, 7) is 1.92. The van der Waals surface area contributed by atoms with Gasteiger partial charge in [0.2, 0.25) is 0 Å². The Kier molecular flexibility index (Phi) is 3.36. The van der Waals surface area contributed by atoms with Gasteiger partial charge in [0, 0.05) is 5.38 Å². The van der Waals surface area contributed by atoms with Gasteiger partial charge in [-0.2, -0.15) is 11.3 Å². The van der Waals surface area contributed by atoms with E-state index in [1.54, 1.807) is 18.3 Å². The van der Waals surface area contributed by atoms with Crippen molar-refractivity contribution < 1.29 is 4.79 Å². The third-order valence-electron chi connectivity index (χ3n) is 2.09. The standard InChI is InChI=1S/C11H9BrN2OS/c1-7-5-16-6-9(7)11(15)14-8-2-3-10(12)13-4-8/h2-6H,1H3,(H,14,15). The van der Waals surface area contributed by atoms with Crippen LogP contribution in [0.15, 0.2) is 33.7 Å². The molecule has 3 nitrogen and oxygen atoms in total. The molecule has 0 radical (unpaired) electrons. The zero-order valence-corrected chi connectivity index (χ0v) is 10.9. The van der Waals surface area contributed by atoms with Gasteiger partial charge in [-0.25, -0.2) is 4.98 Å². The summed E-state index contributed by atoms with van der Waals surface area (Å²) >= 11 is 4.76. The smallest absolute Gasteiger partial charge is 0.256 e. The van der Waals surface area contributed by atoms with E-state index in [0.717, 1.165) is 10.2 Å². The average molecular weight is 297 g/mol. The first-order chi connectivity index (χ1) is 7.66. The number of carbonyl (C=O) groups is 1. The Bertz CT molecular complexity index is 507. The van der Waals surface area contributed by atoms with Crippen molar-refractivity contribution >= 4 is 38.9 Å². The number of nitrogens with zero attached hydrogens (tertiary/aromatic N) is 1. The third-order valence-corrected chi connectivity index (χ3v) is 3.42. The second-order valence-corrected chi connectivity index (χ2v) is 4.85. The predicted molar refractivity (Wildman–Crippen MR) is 68.9 cm³/mol. The minimum atomic E-state index is -0.0946. The topological polar surface area (TPSA) is 42.0 Å². The van der Waals surface area contributed by atoms with Crippen LogP contribution in [0, 0.1) is 6.92 Å². The van der Waals surface area contributed by atoms with Gasteiger partial charge in [0.15, 0.2) is 0 Å². The maximum atomic E-state index is 11.8. The first-order valence-electron chi connectivity index (χ1n) is 4.62.